The molecule has 0 saturated carbocycles. The van der Waals surface area contributed by atoms with Crippen LogP contribution in [0, 0.1) is 0 Å². The fraction of sp³-hybridized carbons (Fsp3) is 0.600. The first-order valence-corrected chi connectivity index (χ1v) is 4.30. The standard InChI is InChI=1S/C5H9N3S2/c1-8(2-3-9)5-4-6-10-7-5/h4,9H,2-3H2,1H3. The fourth-order valence-electron chi connectivity index (χ4n) is 0.592. The first kappa shape index (κ1) is 7.81. The highest BCUT2D eigenvalue weighted by Crippen LogP contribution is 2.06. The average molecular weight is 175 g/mol. The van der Waals surface area contributed by atoms with Gasteiger partial charge < -0.3 is 4.90 Å². The number of rotatable bonds is 3. The lowest BCUT2D eigenvalue weighted by molar-refractivity contribution is 0.961. The Hall–Kier alpha value is -0.290. The molecular formula is C5H9N3S2. The van der Waals surface area contributed by atoms with Crippen molar-refractivity contribution in [2.24, 2.45) is 0 Å². The van der Waals surface area contributed by atoms with Crippen LogP contribution in [0.25, 0.3) is 0 Å². The predicted octanol–water partition coefficient (Wildman–Crippen LogP) is 0.904. The molecule has 5 heteroatoms. The van der Waals surface area contributed by atoms with Gasteiger partial charge in [0.25, 0.3) is 0 Å². The first-order valence-electron chi connectivity index (χ1n) is 2.94. The van der Waals surface area contributed by atoms with Gasteiger partial charge in [0.15, 0.2) is 5.82 Å². The molecule has 1 aromatic heterocycles. The first-order chi connectivity index (χ1) is 4.84. The zero-order valence-corrected chi connectivity index (χ0v) is 7.40. The van der Waals surface area contributed by atoms with Crippen molar-refractivity contribution in [3.63, 3.8) is 0 Å². The molecule has 0 atom stereocenters. The van der Waals surface area contributed by atoms with Crippen molar-refractivity contribution in [1.29, 1.82) is 0 Å². The summed E-state index contributed by atoms with van der Waals surface area (Å²) in [7, 11) is 1.98. The monoisotopic (exact) mass is 175 g/mol. The quantitative estimate of drug-likeness (QED) is 0.692. The lowest BCUT2D eigenvalue weighted by atomic mass is 10.6. The highest BCUT2D eigenvalue weighted by molar-refractivity contribution is 7.80. The van der Waals surface area contributed by atoms with Gasteiger partial charge in [-0.3, -0.25) is 0 Å². The van der Waals surface area contributed by atoms with E-state index < -0.39 is 0 Å². The van der Waals surface area contributed by atoms with Crippen molar-refractivity contribution in [2.75, 3.05) is 24.2 Å². The second-order valence-electron chi connectivity index (χ2n) is 1.91. The number of anilines is 1. The summed E-state index contributed by atoms with van der Waals surface area (Å²) < 4.78 is 7.95. The topological polar surface area (TPSA) is 29.0 Å². The summed E-state index contributed by atoms with van der Waals surface area (Å²) in [6.07, 6.45) is 1.76. The summed E-state index contributed by atoms with van der Waals surface area (Å²) in [5.41, 5.74) is 0. The van der Waals surface area contributed by atoms with E-state index in [0.29, 0.717) is 0 Å². The Morgan fingerprint density at radius 1 is 1.80 bits per heavy atom. The summed E-state index contributed by atoms with van der Waals surface area (Å²) in [5, 5.41) is 0. The number of nitrogens with zero attached hydrogens (tertiary/aromatic N) is 3. The van der Waals surface area contributed by atoms with E-state index in [1.807, 2.05) is 11.9 Å². The molecule has 0 amide bonds. The number of hydrogen-bond acceptors (Lipinski definition) is 5. The van der Waals surface area contributed by atoms with E-state index in [1.54, 1.807) is 6.20 Å². The van der Waals surface area contributed by atoms with E-state index in [-0.39, 0.29) is 0 Å². The van der Waals surface area contributed by atoms with Gasteiger partial charge >= 0.3 is 0 Å². The van der Waals surface area contributed by atoms with Crippen LogP contribution in [0.2, 0.25) is 0 Å². The number of hydrogen-bond donors (Lipinski definition) is 1. The summed E-state index contributed by atoms with van der Waals surface area (Å²) in [6.45, 7) is 0.911. The largest absolute Gasteiger partial charge is 0.357 e. The molecule has 3 nitrogen and oxygen atoms in total. The second-order valence-corrected chi connectivity index (χ2v) is 2.91. The van der Waals surface area contributed by atoms with E-state index in [4.69, 9.17) is 0 Å². The van der Waals surface area contributed by atoms with Gasteiger partial charge in [-0.1, -0.05) is 0 Å². The Labute approximate surface area is 69.8 Å². The highest BCUT2D eigenvalue weighted by Gasteiger charge is 2.00. The van der Waals surface area contributed by atoms with Gasteiger partial charge in [-0.2, -0.15) is 21.4 Å². The van der Waals surface area contributed by atoms with Crippen LogP contribution in [0.5, 0.6) is 0 Å². The minimum absolute atomic E-state index is 0.841. The Bertz CT molecular complexity index is 175. The molecule has 1 heterocycles. The Morgan fingerprint density at radius 2 is 2.60 bits per heavy atom. The van der Waals surface area contributed by atoms with Crippen LogP contribution < -0.4 is 4.90 Å². The van der Waals surface area contributed by atoms with E-state index >= 15 is 0 Å². The molecule has 0 bridgehead atoms. The molecule has 0 saturated heterocycles. The van der Waals surface area contributed by atoms with Gasteiger partial charge in [0.2, 0.25) is 0 Å². The molecule has 0 fully saturated rings. The normalized spacial score (nSPS) is 9.80. The molecule has 1 rings (SSSR count). The summed E-state index contributed by atoms with van der Waals surface area (Å²) in [5.74, 6) is 1.77. The van der Waals surface area contributed by atoms with Crippen LogP contribution >= 0.6 is 24.4 Å². The molecule has 0 unspecified atom stereocenters. The average Bonchev–Trinajstić information content (AvgIpc) is 2.38. The van der Waals surface area contributed by atoms with Gasteiger partial charge in [0.1, 0.15) is 0 Å². The summed E-state index contributed by atoms with van der Waals surface area (Å²) >= 11 is 5.33. The number of aromatic nitrogens is 2. The molecule has 0 radical (unpaired) electrons. The fourth-order valence-corrected chi connectivity index (χ4v) is 1.35. The molecule has 0 aliphatic carbocycles. The van der Waals surface area contributed by atoms with E-state index in [9.17, 15) is 0 Å². The van der Waals surface area contributed by atoms with E-state index in [1.165, 1.54) is 11.7 Å². The van der Waals surface area contributed by atoms with Crippen LogP contribution in [0.1, 0.15) is 0 Å². The van der Waals surface area contributed by atoms with Crippen molar-refractivity contribution >= 4 is 30.2 Å². The van der Waals surface area contributed by atoms with Gasteiger partial charge in [-0.15, -0.1) is 0 Å². The highest BCUT2D eigenvalue weighted by atomic mass is 32.1. The second kappa shape index (κ2) is 3.78. The van der Waals surface area contributed by atoms with Gasteiger partial charge in [0.05, 0.1) is 17.9 Å². The molecule has 56 valence electrons. The lowest BCUT2D eigenvalue weighted by Crippen LogP contribution is -2.19. The van der Waals surface area contributed by atoms with Crippen molar-refractivity contribution in [1.82, 2.24) is 8.75 Å². The molecule has 10 heavy (non-hydrogen) atoms. The van der Waals surface area contributed by atoms with Crippen molar-refractivity contribution in [3.05, 3.63) is 6.20 Å². The molecule has 0 aliphatic rings. The Balaban J connectivity index is 2.50. The zero-order valence-electron chi connectivity index (χ0n) is 5.69. The van der Waals surface area contributed by atoms with E-state index in [0.717, 1.165) is 18.1 Å². The third-order valence-electron chi connectivity index (χ3n) is 1.18. The summed E-state index contributed by atoms with van der Waals surface area (Å²) in [4.78, 5) is 2.02. The van der Waals surface area contributed by atoms with Crippen molar-refractivity contribution in [2.45, 2.75) is 0 Å². The molecule has 0 aromatic carbocycles. The van der Waals surface area contributed by atoms with Crippen LogP contribution in [0.4, 0.5) is 5.82 Å². The Morgan fingerprint density at radius 3 is 3.10 bits per heavy atom. The van der Waals surface area contributed by atoms with Crippen LogP contribution in [0.3, 0.4) is 0 Å². The molecule has 0 N–H and O–H groups in total. The molecule has 1 aromatic rings. The van der Waals surface area contributed by atoms with Crippen LogP contribution in [-0.2, 0) is 0 Å². The Kier molecular flexibility index (Phi) is 2.95. The zero-order chi connectivity index (χ0) is 7.40. The summed E-state index contributed by atoms with van der Waals surface area (Å²) in [6, 6.07) is 0. The van der Waals surface area contributed by atoms with Gasteiger partial charge in [-0.25, -0.2) is 0 Å². The minimum atomic E-state index is 0.841. The van der Waals surface area contributed by atoms with Crippen LogP contribution in [0.15, 0.2) is 6.20 Å². The maximum atomic E-state index is 4.10. The SMILES string of the molecule is CN(CCS)c1cnsn1. The predicted molar refractivity (Wildman–Crippen MR) is 47.0 cm³/mol. The van der Waals surface area contributed by atoms with Crippen LogP contribution in [-0.4, -0.2) is 28.1 Å². The lowest BCUT2D eigenvalue weighted by Gasteiger charge is -2.12. The molecule has 0 spiro atoms. The number of thiol groups is 1. The molecule has 0 aliphatic heterocycles. The molecular weight excluding hydrogens is 166 g/mol. The van der Waals surface area contributed by atoms with Crippen molar-refractivity contribution in [3.8, 4) is 0 Å². The third-order valence-corrected chi connectivity index (χ3v) is 1.84. The van der Waals surface area contributed by atoms with E-state index in [2.05, 4.69) is 21.4 Å². The minimum Gasteiger partial charge on any atom is -0.357 e. The maximum absolute atomic E-state index is 4.10. The van der Waals surface area contributed by atoms with Crippen molar-refractivity contribution < 1.29 is 0 Å². The maximum Gasteiger partial charge on any atom is 0.162 e. The third kappa shape index (κ3) is 1.85. The van der Waals surface area contributed by atoms with Gasteiger partial charge in [0, 0.05) is 19.3 Å². The smallest absolute Gasteiger partial charge is 0.162 e. The van der Waals surface area contributed by atoms with Gasteiger partial charge in [-0.05, 0) is 0 Å².